The van der Waals surface area contributed by atoms with E-state index in [4.69, 9.17) is 12.0 Å². The number of aliphatic carboxylic acids is 1. The van der Waals surface area contributed by atoms with Gasteiger partial charge in [0.2, 0.25) is 0 Å². The number of carbonyl (C=O) groups excluding carboxylic acids is 1. The number of aromatic nitrogens is 1. The van der Waals surface area contributed by atoms with Crippen LogP contribution >= 0.6 is 0 Å². The van der Waals surface area contributed by atoms with Crippen LogP contribution in [0.25, 0.3) is 21.7 Å². The summed E-state index contributed by atoms with van der Waals surface area (Å²) in [5.74, 6) is -1.42. The van der Waals surface area contributed by atoms with Crippen LogP contribution in [0.5, 0.6) is 0 Å². The summed E-state index contributed by atoms with van der Waals surface area (Å²) >= 11 is 0. The number of unbranched alkanes of at least 4 members (excludes halogenated alkanes) is 1. The maximum absolute atomic E-state index is 13.8. The minimum Gasteiger partial charge on any atom is -0.481 e. The van der Waals surface area contributed by atoms with Gasteiger partial charge in [0.05, 0.1) is 6.85 Å². The molecular formula is C25H23NO3. The number of fused-ring (bicyclic) bond motifs is 2. The van der Waals surface area contributed by atoms with Gasteiger partial charge in [-0.1, -0.05) is 54.5 Å². The second-order valence-electron chi connectivity index (χ2n) is 7.02. The fourth-order valence-corrected chi connectivity index (χ4v) is 3.60. The number of carboxylic acids is 1. The molecule has 0 fully saturated rings. The average molecular weight is 390 g/mol. The molecule has 146 valence electrons. The Kier molecular flexibility index (Phi) is 3.75. The smallest absolute Gasteiger partial charge is 0.303 e. The summed E-state index contributed by atoms with van der Waals surface area (Å²) < 4.78 is 43.3. The normalized spacial score (nSPS) is 13.6. The van der Waals surface area contributed by atoms with Gasteiger partial charge in [-0.15, -0.1) is 0 Å². The van der Waals surface area contributed by atoms with Crippen molar-refractivity contribution in [1.29, 1.82) is 0 Å². The van der Waals surface area contributed by atoms with Crippen molar-refractivity contribution in [3.8, 4) is 0 Å². The van der Waals surface area contributed by atoms with Crippen LogP contribution in [0.4, 0.5) is 0 Å². The fourth-order valence-electron chi connectivity index (χ4n) is 3.60. The van der Waals surface area contributed by atoms with Gasteiger partial charge in [-0.2, -0.15) is 0 Å². The number of nitrogens with zero attached hydrogens (tertiary/aromatic N) is 1. The number of hydrogen-bond acceptors (Lipinski definition) is 2. The Bertz CT molecular complexity index is 1480. The Labute approximate surface area is 176 Å². The lowest BCUT2D eigenvalue weighted by molar-refractivity contribution is -0.137. The molecular weight excluding hydrogens is 362 g/mol. The molecule has 0 aliphatic carbocycles. The van der Waals surface area contributed by atoms with Crippen molar-refractivity contribution in [2.24, 2.45) is 0 Å². The molecule has 0 saturated heterocycles. The molecule has 0 aliphatic rings. The van der Waals surface area contributed by atoms with Gasteiger partial charge in [0.1, 0.15) is 0 Å². The van der Waals surface area contributed by atoms with E-state index < -0.39 is 23.8 Å². The van der Waals surface area contributed by atoms with Crippen LogP contribution in [0, 0.1) is 6.92 Å². The predicted molar refractivity (Wildman–Crippen MR) is 116 cm³/mol. The molecule has 0 spiro atoms. The number of benzene rings is 3. The van der Waals surface area contributed by atoms with Gasteiger partial charge in [-0.05, 0) is 42.1 Å². The van der Waals surface area contributed by atoms with Crippen molar-refractivity contribution >= 4 is 33.4 Å². The summed E-state index contributed by atoms with van der Waals surface area (Å²) in [6.07, 6.45) is 0.468. The highest BCUT2D eigenvalue weighted by Gasteiger charge is 2.19. The van der Waals surface area contributed by atoms with E-state index in [9.17, 15) is 9.59 Å². The molecule has 0 aliphatic heterocycles. The van der Waals surface area contributed by atoms with Crippen LogP contribution in [-0.4, -0.2) is 21.4 Å². The molecule has 4 heteroatoms. The molecule has 1 aromatic heterocycles. The molecule has 4 rings (SSSR count). The zero-order valence-corrected chi connectivity index (χ0v) is 16.0. The van der Waals surface area contributed by atoms with Gasteiger partial charge in [0.15, 0.2) is 5.78 Å². The van der Waals surface area contributed by atoms with E-state index in [1.54, 1.807) is 6.07 Å². The molecule has 0 bridgehead atoms. The Hall–Kier alpha value is -3.40. The van der Waals surface area contributed by atoms with Crippen LogP contribution in [0.2, 0.25) is 0 Å². The highest BCUT2D eigenvalue weighted by molar-refractivity contribution is 6.21. The number of rotatable bonds is 7. The quantitative estimate of drug-likeness (QED) is 0.331. The van der Waals surface area contributed by atoms with Crippen molar-refractivity contribution in [3.63, 3.8) is 0 Å². The van der Waals surface area contributed by atoms with E-state index in [0.717, 1.165) is 10.9 Å². The van der Waals surface area contributed by atoms with Crippen LogP contribution in [-0.2, 0) is 11.3 Å². The van der Waals surface area contributed by atoms with Gasteiger partial charge < -0.3 is 9.67 Å². The minimum atomic E-state index is -0.938. The maximum atomic E-state index is 13.8. The number of carbonyl (C=O) groups is 2. The third-order valence-electron chi connectivity index (χ3n) is 5.07. The van der Waals surface area contributed by atoms with E-state index in [2.05, 4.69) is 0 Å². The molecule has 0 unspecified atom stereocenters. The number of ketones is 1. The lowest BCUT2D eigenvalue weighted by atomic mass is 9.95. The van der Waals surface area contributed by atoms with Gasteiger partial charge in [0, 0.05) is 41.2 Å². The molecule has 1 N–H and O–H groups in total. The van der Waals surface area contributed by atoms with Crippen molar-refractivity contribution < 1.29 is 21.5 Å². The molecule has 3 aromatic carbocycles. The van der Waals surface area contributed by atoms with E-state index in [-0.39, 0.29) is 47.7 Å². The lowest BCUT2D eigenvalue weighted by Crippen LogP contribution is -2.03. The Morgan fingerprint density at radius 1 is 0.966 bits per heavy atom. The van der Waals surface area contributed by atoms with Crippen molar-refractivity contribution in [3.05, 3.63) is 83.4 Å². The standard InChI is InChI=1S/C25H23NO3/c1-17-13-14-21(19-9-3-2-8-18(17)19)25(29)22-16-26(15-7-6-12-24(27)28)23-11-5-4-10-20(22)23/h2-5,8-11,13-14,16H,6-7,12,15H2,1H3,(H,27,28)/i4D,5D,10D,11D,16D. The largest absolute Gasteiger partial charge is 0.481 e. The number of aryl methyl sites for hydroxylation is 2. The zero-order valence-electron chi connectivity index (χ0n) is 21.0. The molecule has 4 aromatic rings. The third-order valence-corrected chi connectivity index (χ3v) is 5.07. The summed E-state index contributed by atoms with van der Waals surface area (Å²) in [5.41, 5.74) is 1.35. The minimum absolute atomic E-state index is 0.0175. The molecule has 0 radical (unpaired) electrons. The highest BCUT2D eigenvalue weighted by atomic mass is 16.4. The van der Waals surface area contributed by atoms with Gasteiger partial charge >= 0.3 is 5.97 Å². The maximum Gasteiger partial charge on any atom is 0.303 e. The summed E-state index contributed by atoms with van der Waals surface area (Å²) in [5, 5.41) is 10.5. The van der Waals surface area contributed by atoms with Crippen LogP contribution < -0.4 is 0 Å². The van der Waals surface area contributed by atoms with E-state index in [0.29, 0.717) is 23.8 Å². The second kappa shape index (κ2) is 7.92. The number of carboxylic acid groups (broad SMARTS) is 1. The summed E-state index contributed by atoms with van der Waals surface area (Å²) in [7, 11) is 0. The first kappa shape index (κ1) is 13.7. The average Bonchev–Trinajstić information content (AvgIpc) is 3.11. The van der Waals surface area contributed by atoms with Crippen LogP contribution in [0.15, 0.2) is 66.7 Å². The molecule has 0 amide bonds. The predicted octanol–water partition coefficient (Wildman–Crippen LogP) is 5.59. The van der Waals surface area contributed by atoms with Gasteiger partial charge in [-0.3, -0.25) is 9.59 Å². The number of para-hydroxylation sites is 1. The van der Waals surface area contributed by atoms with Crippen molar-refractivity contribution in [2.75, 3.05) is 0 Å². The highest BCUT2D eigenvalue weighted by Crippen LogP contribution is 2.28. The van der Waals surface area contributed by atoms with Crippen molar-refractivity contribution in [2.45, 2.75) is 32.7 Å². The summed E-state index contributed by atoms with van der Waals surface area (Å²) in [4.78, 5) is 24.7. The molecule has 0 atom stereocenters. The van der Waals surface area contributed by atoms with E-state index in [1.165, 1.54) is 4.57 Å². The SMILES string of the molecule is [2H]c1c([2H])c([2H])c2c(c1[2H])c(C(=O)c1ccc(C)c3ccccc13)c([2H])n2CCCCC(=O)O. The van der Waals surface area contributed by atoms with Crippen LogP contribution in [0.3, 0.4) is 0 Å². The lowest BCUT2D eigenvalue weighted by Gasteiger charge is -2.08. The van der Waals surface area contributed by atoms with Gasteiger partial charge in [0.25, 0.3) is 0 Å². The monoisotopic (exact) mass is 390 g/mol. The molecule has 29 heavy (non-hydrogen) atoms. The molecule has 0 saturated carbocycles. The van der Waals surface area contributed by atoms with E-state index >= 15 is 0 Å². The summed E-state index contributed by atoms with van der Waals surface area (Å²) in [6.45, 7) is 2.10. The van der Waals surface area contributed by atoms with Crippen LogP contribution in [0.1, 0.15) is 47.6 Å². The molecule has 4 nitrogen and oxygen atoms in total. The Morgan fingerprint density at radius 3 is 2.52 bits per heavy atom. The first-order valence-electron chi connectivity index (χ1n) is 12.0. The molecule has 1 heterocycles. The fraction of sp³-hybridized carbons (Fsp3) is 0.200. The van der Waals surface area contributed by atoms with E-state index in [1.807, 2.05) is 37.3 Å². The van der Waals surface area contributed by atoms with Crippen molar-refractivity contribution in [1.82, 2.24) is 4.57 Å². The Morgan fingerprint density at radius 2 is 1.72 bits per heavy atom. The first-order chi connectivity index (χ1) is 16.1. The zero-order chi connectivity index (χ0) is 24.7. The van der Waals surface area contributed by atoms with Gasteiger partial charge in [-0.25, -0.2) is 0 Å². The first-order valence-corrected chi connectivity index (χ1v) is 9.49. The Balaban J connectivity index is 1.96. The summed E-state index contributed by atoms with van der Waals surface area (Å²) in [6, 6.07) is 9.31. The second-order valence-corrected chi connectivity index (χ2v) is 7.02. The third kappa shape index (κ3) is 3.66. The topological polar surface area (TPSA) is 59.3 Å². The number of hydrogen-bond donors (Lipinski definition) is 1.